The molecular formula is C18H18Cl2N2OS. The van der Waals surface area contributed by atoms with Gasteiger partial charge in [0.2, 0.25) is 5.91 Å². The van der Waals surface area contributed by atoms with Crippen LogP contribution < -0.4 is 5.43 Å². The smallest absolute Gasteiger partial charge is 0.250 e. The van der Waals surface area contributed by atoms with Crippen molar-refractivity contribution < 1.29 is 4.79 Å². The lowest BCUT2D eigenvalue weighted by molar-refractivity contribution is -0.118. The number of halogens is 2. The molecule has 0 atom stereocenters. The first-order valence-electron chi connectivity index (χ1n) is 7.36. The van der Waals surface area contributed by atoms with Gasteiger partial charge in [-0.2, -0.15) is 5.10 Å². The third-order valence-corrected chi connectivity index (χ3v) is 4.87. The van der Waals surface area contributed by atoms with Crippen LogP contribution in [-0.4, -0.2) is 17.9 Å². The Morgan fingerprint density at radius 3 is 2.50 bits per heavy atom. The van der Waals surface area contributed by atoms with E-state index < -0.39 is 0 Å². The van der Waals surface area contributed by atoms with Gasteiger partial charge >= 0.3 is 0 Å². The second kappa shape index (κ2) is 9.11. The molecule has 0 unspecified atom stereocenters. The van der Waals surface area contributed by atoms with Crippen molar-refractivity contribution in [2.75, 3.05) is 5.75 Å². The summed E-state index contributed by atoms with van der Waals surface area (Å²) in [5.74, 6) is 1.01. The van der Waals surface area contributed by atoms with Crippen molar-refractivity contribution in [3.8, 4) is 0 Å². The molecule has 6 heteroatoms. The average Bonchev–Trinajstić information content (AvgIpc) is 2.50. The number of aryl methyl sites for hydroxylation is 2. The summed E-state index contributed by atoms with van der Waals surface area (Å²) >= 11 is 13.3. The minimum absolute atomic E-state index is 0.138. The normalized spacial score (nSPS) is 11.0. The molecule has 1 N–H and O–H groups in total. The first kappa shape index (κ1) is 18.8. The van der Waals surface area contributed by atoms with Gasteiger partial charge in [-0.15, -0.1) is 11.8 Å². The Kier molecular flexibility index (Phi) is 7.16. The Morgan fingerprint density at radius 1 is 1.12 bits per heavy atom. The molecular weight excluding hydrogens is 363 g/mol. The Hall–Kier alpha value is -1.49. The molecule has 1 amide bonds. The van der Waals surface area contributed by atoms with Crippen LogP contribution in [0.4, 0.5) is 0 Å². The summed E-state index contributed by atoms with van der Waals surface area (Å²) in [6.45, 7) is 4.15. The molecule has 0 heterocycles. The zero-order chi connectivity index (χ0) is 17.5. The molecule has 0 radical (unpaired) electrons. The fraction of sp³-hybridized carbons (Fsp3) is 0.222. The van der Waals surface area contributed by atoms with Gasteiger partial charge in [-0.1, -0.05) is 58.6 Å². The number of thioether (sulfide) groups is 1. The molecule has 0 fully saturated rings. The molecule has 2 aromatic rings. The predicted molar refractivity (Wildman–Crippen MR) is 104 cm³/mol. The second-order valence-electron chi connectivity index (χ2n) is 5.46. The zero-order valence-corrected chi connectivity index (χ0v) is 15.8. The van der Waals surface area contributed by atoms with Crippen molar-refractivity contribution >= 4 is 47.1 Å². The third kappa shape index (κ3) is 6.19. The Bertz CT molecular complexity index is 742. The molecule has 2 rings (SSSR count). The van der Waals surface area contributed by atoms with E-state index in [9.17, 15) is 4.79 Å². The topological polar surface area (TPSA) is 41.5 Å². The summed E-state index contributed by atoms with van der Waals surface area (Å²) in [7, 11) is 0. The first-order chi connectivity index (χ1) is 11.4. The minimum atomic E-state index is -0.138. The lowest BCUT2D eigenvalue weighted by atomic mass is 10.1. The SMILES string of the molecule is Cc1cc(C)cc(CSCC(=O)N/N=C/c2ccc(Cl)c(Cl)c2)c1. The van der Waals surface area contributed by atoms with Crippen molar-refractivity contribution in [3.63, 3.8) is 0 Å². The van der Waals surface area contributed by atoms with Crippen LogP contribution in [0.3, 0.4) is 0 Å². The molecule has 0 saturated heterocycles. The number of hydrogen-bond acceptors (Lipinski definition) is 3. The third-order valence-electron chi connectivity index (χ3n) is 3.13. The quantitative estimate of drug-likeness (QED) is 0.566. The Balaban J connectivity index is 1.76. The molecule has 0 aliphatic heterocycles. The molecule has 2 aromatic carbocycles. The van der Waals surface area contributed by atoms with E-state index in [1.165, 1.54) is 22.9 Å². The fourth-order valence-electron chi connectivity index (χ4n) is 2.22. The molecule has 0 spiro atoms. The van der Waals surface area contributed by atoms with Gasteiger partial charge < -0.3 is 0 Å². The molecule has 3 nitrogen and oxygen atoms in total. The van der Waals surface area contributed by atoms with Crippen LogP contribution in [0, 0.1) is 13.8 Å². The van der Waals surface area contributed by atoms with E-state index in [4.69, 9.17) is 23.2 Å². The van der Waals surface area contributed by atoms with Crippen molar-refractivity contribution in [2.45, 2.75) is 19.6 Å². The van der Waals surface area contributed by atoms with Crippen LogP contribution in [0.5, 0.6) is 0 Å². The van der Waals surface area contributed by atoms with E-state index in [1.54, 1.807) is 30.0 Å². The van der Waals surface area contributed by atoms with E-state index in [0.29, 0.717) is 15.8 Å². The summed E-state index contributed by atoms with van der Waals surface area (Å²) in [5, 5.41) is 4.87. The Morgan fingerprint density at radius 2 is 1.83 bits per heavy atom. The summed E-state index contributed by atoms with van der Waals surface area (Å²) in [4.78, 5) is 11.8. The zero-order valence-electron chi connectivity index (χ0n) is 13.5. The van der Waals surface area contributed by atoms with Crippen molar-refractivity contribution in [2.24, 2.45) is 5.10 Å². The number of hydrazone groups is 1. The van der Waals surface area contributed by atoms with Gasteiger partial charge in [0.1, 0.15) is 0 Å². The van der Waals surface area contributed by atoms with Gasteiger partial charge in [0, 0.05) is 5.75 Å². The molecule has 0 aliphatic rings. The highest BCUT2D eigenvalue weighted by atomic mass is 35.5. The summed E-state index contributed by atoms with van der Waals surface area (Å²) in [5.41, 5.74) is 6.98. The van der Waals surface area contributed by atoms with Crippen LogP contribution in [0.1, 0.15) is 22.3 Å². The van der Waals surface area contributed by atoms with Crippen molar-refractivity contribution in [3.05, 3.63) is 68.7 Å². The van der Waals surface area contributed by atoms with E-state index in [1.807, 2.05) is 0 Å². The minimum Gasteiger partial charge on any atom is -0.272 e. The molecule has 126 valence electrons. The number of hydrogen-bond donors (Lipinski definition) is 1. The van der Waals surface area contributed by atoms with Crippen LogP contribution >= 0.6 is 35.0 Å². The highest BCUT2D eigenvalue weighted by Gasteiger charge is 2.02. The lowest BCUT2D eigenvalue weighted by Gasteiger charge is -2.04. The fourth-order valence-corrected chi connectivity index (χ4v) is 3.28. The van der Waals surface area contributed by atoms with Gasteiger partial charge in [0.15, 0.2) is 0 Å². The lowest BCUT2D eigenvalue weighted by Crippen LogP contribution is -2.19. The number of nitrogens with one attached hydrogen (secondary N) is 1. The number of rotatable bonds is 6. The molecule has 24 heavy (non-hydrogen) atoms. The van der Waals surface area contributed by atoms with Gasteiger partial charge in [-0.05, 0) is 37.1 Å². The standard InChI is InChI=1S/C18H18Cl2N2OS/c1-12-5-13(2)7-15(6-12)10-24-11-18(23)22-21-9-14-3-4-16(19)17(20)8-14/h3-9H,10-11H2,1-2H3,(H,22,23)/b21-9+. The average molecular weight is 381 g/mol. The van der Waals surface area contributed by atoms with Crippen molar-refractivity contribution in [1.82, 2.24) is 5.43 Å². The highest BCUT2D eigenvalue weighted by molar-refractivity contribution is 7.99. The number of carbonyl (C=O) groups is 1. The summed E-state index contributed by atoms with van der Waals surface area (Å²) in [6.07, 6.45) is 1.54. The maximum Gasteiger partial charge on any atom is 0.250 e. The number of amides is 1. The largest absolute Gasteiger partial charge is 0.272 e. The van der Waals surface area contributed by atoms with Crippen LogP contribution in [-0.2, 0) is 10.5 Å². The maximum atomic E-state index is 11.8. The summed E-state index contributed by atoms with van der Waals surface area (Å²) < 4.78 is 0. The Labute approximate surface area is 156 Å². The predicted octanol–water partition coefficient (Wildman–Crippen LogP) is 4.99. The van der Waals surface area contributed by atoms with Gasteiger partial charge in [0.25, 0.3) is 0 Å². The van der Waals surface area contributed by atoms with E-state index in [0.717, 1.165) is 11.3 Å². The van der Waals surface area contributed by atoms with Gasteiger partial charge in [0.05, 0.1) is 22.0 Å². The molecule has 0 aliphatic carbocycles. The monoisotopic (exact) mass is 380 g/mol. The van der Waals surface area contributed by atoms with Gasteiger partial charge in [-0.3, -0.25) is 4.79 Å². The number of benzene rings is 2. The van der Waals surface area contributed by atoms with E-state index in [2.05, 4.69) is 42.6 Å². The second-order valence-corrected chi connectivity index (χ2v) is 7.26. The van der Waals surface area contributed by atoms with Crippen LogP contribution in [0.15, 0.2) is 41.5 Å². The molecule has 0 saturated carbocycles. The van der Waals surface area contributed by atoms with Gasteiger partial charge in [-0.25, -0.2) is 5.43 Å². The number of carbonyl (C=O) groups excluding carboxylic acids is 1. The molecule has 0 aromatic heterocycles. The first-order valence-corrected chi connectivity index (χ1v) is 9.27. The van der Waals surface area contributed by atoms with E-state index in [-0.39, 0.29) is 5.91 Å². The van der Waals surface area contributed by atoms with Crippen LogP contribution in [0.25, 0.3) is 0 Å². The number of nitrogens with zero attached hydrogens (tertiary/aromatic N) is 1. The highest BCUT2D eigenvalue weighted by Crippen LogP contribution is 2.21. The van der Waals surface area contributed by atoms with E-state index >= 15 is 0 Å². The van der Waals surface area contributed by atoms with Crippen molar-refractivity contribution in [1.29, 1.82) is 0 Å². The summed E-state index contributed by atoms with van der Waals surface area (Å²) in [6, 6.07) is 11.6. The van der Waals surface area contributed by atoms with Crippen LogP contribution in [0.2, 0.25) is 10.0 Å². The molecule has 0 bridgehead atoms. The maximum absolute atomic E-state index is 11.8.